The molecule has 0 spiro atoms. The third-order valence-electron chi connectivity index (χ3n) is 3.56. The average Bonchev–Trinajstić information content (AvgIpc) is 3.01. The second-order valence-corrected chi connectivity index (χ2v) is 6.52. The minimum absolute atomic E-state index is 0.381. The van der Waals surface area contributed by atoms with E-state index in [4.69, 9.17) is 27.9 Å². The molecule has 0 unspecified atom stereocenters. The van der Waals surface area contributed by atoms with Crippen LogP contribution in [0.5, 0.6) is 0 Å². The standard InChI is InChI=1S/C27H10O.C9H9Cl.CH4O/c1-2-3-4-5-6-7-8-9-10-11-12-13-14-15-16-20-25-28-26-21-24-27-22-18-17-19-23-27;10-8-4-7-9-5-2-1-3-6-9;1-2/h1,17-19,21-24H,26H2;1-7H,8H2;2H,1H3/b24-21+;7-4+;. The summed E-state index contributed by atoms with van der Waals surface area (Å²) in [5.41, 5.74) is 2.30. The number of alkyl halides is 1. The fourth-order valence-corrected chi connectivity index (χ4v) is 2.18. The fraction of sp³-hybridized carbons (Fsp3) is 0.0811. The van der Waals surface area contributed by atoms with Gasteiger partial charge in [-0.05, 0) is 64.6 Å². The van der Waals surface area contributed by atoms with E-state index in [2.05, 4.69) is 101 Å². The Bertz CT molecular complexity index is 1630. The molecule has 0 fully saturated rings. The first-order valence-electron chi connectivity index (χ1n) is 11.4. The Morgan fingerprint density at radius 1 is 0.600 bits per heavy atom. The summed E-state index contributed by atoms with van der Waals surface area (Å²) < 4.78 is 5.09. The van der Waals surface area contributed by atoms with E-state index in [1.54, 1.807) is 0 Å². The Kier molecular flexibility index (Phi) is 24.9. The number of terminal acetylenes is 1. The Balaban J connectivity index is 0.00000105. The molecular formula is C37H23ClO2. The van der Waals surface area contributed by atoms with E-state index in [1.807, 2.05) is 85.0 Å². The van der Waals surface area contributed by atoms with Crippen molar-refractivity contribution in [1.29, 1.82) is 0 Å². The summed E-state index contributed by atoms with van der Waals surface area (Å²) in [5.74, 6) is 40.0. The highest BCUT2D eigenvalue weighted by Crippen LogP contribution is 2.01. The van der Waals surface area contributed by atoms with Gasteiger partial charge in [0.1, 0.15) is 12.7 Å². The van der Waals surface area contributed by atoms with Crippen molar-refractivity contribution in [2.24, 2.45) is 0 Å². The number of ether oxygens (including phenoxy) is 1. The summed E-state index contributed by atoms with van der Waals surface area (Å²) in [6.07, 6.45) is 15.2. The van der Waals surface area contributed by atoms with Crippen molar-refractivity contribution >= 4 is 23.8 Å². The highest BCUT2D eigenvalue weighted by molar-refractivity contribution is 6.19. The number of aliphatic hydroxyl groups excluding tert-OH is 1. The lowest BCUT2D eigenvalue weighted by molar-refractivity contribution is 0.322. The summed E-state index contributed by atoms with van der Waals surface area (Å²) in [5, 5.41) is 7.00. The molecule has 190 valence electrons. The second kappa shape index (κ2) is 29.2. The molecule has 0 saturated carbocycles. The zero-order valence-corrected chi connectivity index (χ0v) is 22.6. The SMILES string of the molecule is C#CC#CC#CC#CC#CC#CC#CC#CC#COC/C=C/c1ccccc1.CO.ClC/C=C/c1ccccc1. The Labute approximate surface area is 243 Å². The van der Waals surface area contributed by atoms with Gasteiger partial charge in [0, 0.05) is 60.4 Å². The van der Waals surface area contributed by atoms with Gasteiger partial charge in [0.05, 0.1) is 0 Å². The summed E-state index contributed by atoms with van der Waals surface area (Å²) in [6, 6.07) is 20.0. The van der Waals surface area contributed by atoms with Crippen LogP contribution in [-0.4, -0.2) is 24.7 Å². The first-order chi connectivity index (χ1) is 19.9. The molecule has 2 nitrogen and oxygen atoms in total. The van der Waals surface area contributed by atoms with Crippen molar-refractivity contribution in [3.8, 4) is 107 Å². The average molecular weight is 535 g/mol. The van der Waals surface area contributed by atoms with Gasteiger partial charge in [-0.25, -0.2) is 0 Å². The van der Waals surface area contributed by atoms with Crippen LogP contribution in [0.25, 0.3) is 12.2 Å². The number of allylic oxidation sites excluding steroid dienone is 1. The lowest BCUT2D eigenvalue weighted by Crippen LogP contribution is -1.80. The number of hydrogen-bond donors (Lipinski definition) is 1. The van der Waals surface area contributed by atoms with Gasteiger partial charge >= 0.3 is 0 Å². The maximum Gasteiger partial charge on any atom is 0.125 e. The van der Waals surface area contributed by atoms with Crippen LogP contribution in [0, 0.1) is 107 Å². The number of rotatable bonds is 5. The smallest absolute Gasteiger partial charge is 0.125 e. The molecule has 0 amide bonds. The fourth-order valence-electron chi connectivity index (χ4n) is 2.09. The molecule has 0 aliphatic carbocycles. The summed E-state index contributed by atoms with van der Waals surface area (Å²) >= 11 is 5.46. The monoisotopic (exact) mass is 534 g/mol. The molecule has 2 aromatic carbocycles. The molecule has 0 heterocycles. The molecule has 0 atom stereocenters. The minimum atomic E-state index is 0.381. The van der Waals surface area contributed by atoms with Gasteiger partial charge in [-0.15, -0.1) is 18.0 Å². The molecule has 0 aromatic heterocycles. The Morgan fingerprint density at radius 3 is 1.38 bits per heavy atom. The maximum absolute atomic E-state index is 7.00. The van der Waals surface area contributed by atoms with E-state index in [0.717, 1.165) is 12.7 Å². The minimum Gasteiger partial charge on any atom is -0.442 e. The van der Waals surface area contributed by atoms with E-state index in [-0.39, 0.29) is 0 Å². The van der Waals surface area contributed by atoms with E-state index in [0.29, 0.717) is 12.5 Å². The van der Waals surface area contributed by atoms with Gasteiger partial charge in [-0.3, -0.25) is 0 Å². The van der Waals surface area contributed by atoms with Gasteiger partial charge in [0.2, 0.25) is 0 Å². The Hall–Kier alpha value is -5.99. The molecule has 0 radical (unpaired) electrons. The summed E-state index contributed by atoms with van der Waals surface area (Å²) in [7, 11) is 1.00. The zero-order chi connectivity index (χ0) is 29.2. The topological polar surface area (TPSA) is 29.5 Å². The third kappa shape index (κ3) is 23.7. The normalized spacial score (nSPS) is 7.25. The van der Waals surface area contributed by atoms with Crippen LogP contribution in [0.3, 0.4) is 0 Å². The predicted molar refractivity (Wildman–Crippen MR) is 167 cm³/mol. The lowest BCUT2D eigenvalue weighted by Gasteiger charge is -1.91. The highest BCUT2D eigenvalue weighted by atomic mass is 35.5. The van der Waals surface area contributed by atoms with Crippen LogP contribution < -0.4 is 0 Å². The van der Waals surface area contributed by atoms with Crippen molar-refractivity contribution in [1.82, 2.24) is 0 Å². The quantitative estimate of drug-likeness (QED) is 0.336. The molecular weight excluding hydrogens is 512 g/mol. The highest BCUT2D eigenvalue weighted by Gasteiger charge is 1.81. The van der Waals surface area contributed by atoms with Gasteiger partial charge in [-0.2, -0.15) is 0 Å². The van der Waals surface area contributed by atoms with Crippen molar-refractivity contribution in [2.75, 3.05) is 19.6 Å². The molecule has 0 aliphatic heterocycles. The zero-order valence-electron chi connectivity index (χ0n) is 21.8. The van der Waals surface area contributed by atoms with E-state index < -0.39 is 0 Å². The van der Waals surface area contributed by atoms with Crippen LogP contribution >= 0.6 is 11.6 Å². The van der Waals surface area contributed by atoms with Gasteiger partial charge in [0.25, 0.3) is 0 Å². The van der Waals surface area contributed by atoms with Crippen LogP contribution in [0.1, 0.15) is 11.1 Å². The summed E-state index contributed by atoms with van der Waals surface area (Å²) in [6.45, 7) is 0.381. The molecule has 0 bridgehead atoms. The van der Waals surface area contributed by atoms with Crippen LogP contribution in [0.15, 0.2) is 72.8 Å². The van der Waals surface area contributed by atoms with E-state index in [1.165, 1.54) is 5.56 Å². The molecule has 2 rings (SSSR count). The second-order valence-electron chi connectivity index (χ2n) is 6.21. The first-order valence-corrected chi connectivity index (χ1v) is 11.9. The van der Waals surface area contributed by atoms with Crippen molar-refractivity contribution < 1.29 is 9.84 Å². The molecule has 40 heavy (non-hydrogen) atoms. The molecule has 0 aliphatic rings. The lowest BCUT2D eigenvalue weighted by atomic mass is 10.2. The van der Waals surface area contributed by atoms with Crippen LogP contribution in [-0.2, 0) is 4.74 Å². The van der Waals surface area contributed by atoms with E-state index in [9.17, 15) is 0 Å². The number of benzene rings is 2. The van der Waals surface area contributed by atoms with Crippen LogP contribution in [0.4, 0.5) is 0 Å². The summed E-state index contributed by atoms with van der Waals surface area (Å²) in [4.78, 5) is 0. The predicted octanol–water partition coefficient (Wildman–Crippen LogP) is 4.88. The molecule has 3 heteroatoms. The number of halogens is 1. The van der Waals surface area contributed by atoms with Gasteiger partial charge < -0.3 is 9.84 Å². The molecule has 1 N–H and O–H groups in total. The van der Waals surface area contributed by atoms with Gasteiger partial charge in [-0.1, -0.05) is 78.9 Å². The van der Waals surface area contributed by atoms with Gasteiger partial charge in [0.15, 0.2) is 0 Å². The maximum atomic E-state index is 7.00. The van der Waals surface area contributed by atoms with Crippen molar-refractivity contribution in [2.45, 2.75) is 0 Å². The largest absolute Gasteiger partial charge is 0.442 e. The van der Waals surface area contributed by atoms with Crippen molar-refractivity contribution in [3.05, 3.63) is 83.9 Å². The van der Waals surface area contributed by atoms with E-state index >= 15 is 0 Å². The first kappa shape index (κ1) is 34.0. The van der Waals surface area contributed by atoms with Crippen molar-refractivity contribution in [3.63, 3.8) is 0 Å². The molecule has 2 aromatic rings. The Morgan fingerprint density at radius 2 is 0.975 bits per heavy atom. The molecule has 0 saturated heterocycles. The number of aliphatic hydroxyl groups is 1. The number of hydrogen-bond acceptors (Lipinski definition) is 2. The van der Waals surface area contributed by atoms with Crippen LogP contribution in [0.2, 0.25) is 0 Å². The third-order valence-corrected chi connectivity index (χ3v) is 3.74.